The van der Waals surface area contributed by atoms with Crippen LogP contribution in [-0.4, -0.2) is 30.4 Å². The van der Waals surface area contributed by atoms with Crippen molar-refractivity contribution in [1.29, 1.82) is 0 Å². The van der Waals surface area contributed by atoms with Crippen molar-refractivity contribution in [1.82, 2.24) is 4.90 Å². The average molecular weight is 214 g/mol. The summed E-state index contributed by atoms with van der Waals surface area (Å²) in [6, 6.07) is 0. The third-order valence-corrected chi connectivity index (χ3v) is 3.02. The second kappa shape index (κ2) is 6.83. The minimum Gasteiger partial charge on any atom is -0.342 e. The van der Waals surface area contributed by atoms with E-state index in [0.717, 1.165) is 13.1 Å². The number of hydrogen-bond acceptors (Lipinski definition) is 2. The summed E-state index contributed by atoms with van der Waals surface area (Å²) in [5.41, 5.74) is 5.57. The van der Waals surface area contributed by atoms with E-state index in [9.17, 15) is 4.79 Å². The summed E-state index contributed by atoms with van der Waals surface area (Å²) in [5, 5.41) is 0. The zero-order valence-electron chi connectivity index (χ0n) is 10.8. The smallest absolute Gasteiger partial charge is 0.225 e. The summed E-state index contributed by atoms with van der Waals surface area (Å²) in [5.74, 6) is 1.15. The summed E-state index contributed by atoms with van der Waals surface area (Å²) in [6.07, 6.45) is 0. The fourth-order valence-electron chi connectivity index (χ4n) is 1.40. The molecule has 0 saturated heterocycles. The van der Waals surface area contributed by atoms with Crippen LogP contribution in [0.3, 0.4) is 0 Å². The zero-order valence-corrected chi connectivity index (χ0v) is 10.8. The standard InChI is InChI=1S/C12H26N2O/c1-6-14(8-10(4)7-13)12(15)11(5)9(2)3/h9-11H,6-8,13H2,1-5H3. The minimum atomic E-state index is 0.106. The first kappa shape index (κ1) is 14.4. The van der Waals surface area contributed by atoms with E-state index in [2.05, 4.69) is 20.8 Å². The molecule has 2 N–H and O–H groups in total. The Morgan fingerprint density at radius 2 is 1.80 bits per heavy atom. The second-order valence-corrected chi connectivity index (χ2v) is 4.75. The highest BCUT2D eigenvalue weighted by molar-refractivity contribution is 5.78. The van der Waals surface area contributed by atoms with Crippen LogP contribution in [0.5, 0.6) is 0 Å². The molecule has 0 spiro atoms. The van der Waals surface area contributed by atoms with Crippen LogP contribution in [-0.2, 0) is 4.79 Å². The van der Waals surface area contributed by atoms with Crippen LogP contribution in [0, 0.1) is 17.8 Å². The van der Waals surface area contributed by atoms with Gasteiger partial charge in [-0.3, -0.25) is 4.79 Å². The molecule has 0 bridgehead atoms. The lowest BCUT2D eigenvalue weighted by Crippen LogP contribution is -2.40. The van der Waals surface area contributed by atoms with E-state index >= 15 is 0 Å². The van der Waals surface area contributed by atoms with Gasteiger partial charge < -0.3 is 10.6 Å². The van der Waals surface area contributed by atoms with Crippen LogP contribution in [0.2, 0.25) is 0 Å². The monoisotopic (exact) mass is 214 g/mol. The molecule has 0 aromatic rings. The number of nitrogens with zero attached hydrogens (tertiary/aromatic N) is 1. The molecule has 0 aromatic heterocycles. The van der Waals surface area contributed by atoms with Crippen molar-refractivity contribution in [3.05, 3.63) is 0 Å². The van der Waals surface area contributed by atoms with Gasteiger partial charge in [0.2, 0.25) is 5.91 Å². The summed E-state index contributed by atoms with van der Waals surface area (Å²) in [7, 11) is 0. The van der Waals surface area contributed by atoms with Crippen molar-refractivity contribution in [3.8, 4) is 0 Å². The quantitative estimate of drug-likeness (QED) is 0.732. The highest BCUT2D eigenvalue weighted by Crippen LogP contribution is 2.14. The van der Waals surface area contributed by atoms with E-state index in [1.54, 1.807) is 0 Å². The maximum atomic E-state index is 12.1. The molecule has 15 heavy (non-hydrogen) atoms. The molecule has 0 rings (SSSR count). The van der Waals surface area contributed by atoms with Crippen LogP contribution in [0.4, 0.5) is 0 Å². The van der Waals surface area contributed by atoms with E-state index < -0.39 is 0 Å². The predicted molar refractivity (Wildman–Crippen MR) is 64.5 cm³/mol. The van der Waals surface area contributed by atoms with Gasteiger partial charge in [-0.1, -0.05) is 27.7 Å². The average Bonchev–Trinajstić information content (AvgIpc) is 2.23. The van der Waals surface area contributed by atoms with Crippen LogP contribution < -0.4 is 5.73 Å². The maximum Gasteiger partial charge on any atom is 0.225 e. The molecular formula is C12H26N2O. The molecule has 90 valence electrons. The first-order valence-corrected chi connectivity index (χ1v) is 5.92. The van der Waals surface area contributed by atoms with Crippen molar-refractivity contribution in [2.24, 2.45) is 23.5 Å². The van der Waals surface area contributed by atoms with Crippen LogP contribution >= 0.6 is 0 Å². The molecule has 3 heteroatoms. The molecule has 3 nitrogen and oxygen atoms in total. The van der Waals surface area contributed by atoms with Gasteiger partial charge in [0.25, 0.3) is 0 Å². The summed E-state index contributed by atoms with van der Waals surface area (Å²) >= 11 is 0. The molecule has 0 aliphatic heterocycles. The molecule has 2 atom stereocenters. The lowest BCUT2D eigenvalue weighted by molar-refractivity contribution is -0.136. The highest BCUT2D eigenvalue weighted by atomic mass is 16.2. The molecule has 0 aliphatic carbocycles. The van der Waals surface area contributed by atoms with Gasteiger partial charge in [-0.05, 0) is 25.3 Å². The molecule has 0 saturated carbocycles. The SMILES string of the molecule is CCN(CC(C)CN)C(=O)C(C)C(C)C. The third kappa shape index (κ3) is 4.65. The van der Waals surface area contributed by atoms with Crippen molar-refractivity contribution < 1.29 is 4.79 Å². The number of nitrogens with two attached hydrogens (primary N) is 1. The van der Waals surface area contributed by atoms with Gasteiger partial charge in [-0.25, -0.2) is 0 Å². The Labute approximate surface area is 94.0 Å². The molecule has 0 aromatic carbocycles. The largest absolute Gasteiger partial charge is 0.342 e. The van der Waals surface area contributed by atoms with Gasteiger partial charge in [0.15, 0.2) is 0 Å². The molecule has 0 aliphatic rings. The van der Waals surface area contributed by atoms with Crippen molar-refractivity contribution in [2.75, 3.05) is 19.6 Å². The maximum absolute atomic E-state index is 12.1. The number of amides is 1. The summed E-state index contributed by atoms with van der Waals surface area (Å²) in [6.45, 7) is 12.5. The molecule has 0 radical (unpaired) electrons. The Hall–Kier alpha value is -0.570. The minimum absolute atomic E-state index is 0.106. The van der Waals surface area contributed by atoms with Gasteiger partial charge in [-0.15, -0.1) is 0 Å². The zero-order chi connectivity index (χ0) is 12.0. The second-order valence-electron chi connectivity index (χ2n) is 4.75. The van der Waals surface area contributed by atoms with Crippen molar-refractivity contribution in [2.45, 2.75) is 34.6 Å². The fraction of sp³-hybridized carbons (Fsp3) is 0.917. The van der Waals surface area contributed by atoms with Crippen LogP contribution in [0.15, 0.2) is 0 Å². The summed E-state index contributed by atoms with van der Waals surface area (Å²) < 4.78 is 0. The van der Waals surface area contributed by atoms with Crippen LogP contribution in [0.25, 0.3) is 0 Å². The Balaban J connectivity index is 4.34. The van der Waals surface area contributed by atoms with Gasteiger partial charge in [0.1, 0.15) is 0 Å². The van der Waals surface area contributed by atoms with E-state index in [1.807, 2.05) is 18.7 Å². The van der Waals surface area contributed by atoms with Gasteiger partial charge in [-0.2, -0.15) is 0 Å². The normalized spacial score (nSPS) is 15.1. The van der Waals surface area contributed by atoms with Gasteiger partial charge in [0, 0.05) is 19.0 Å². The molecule has 1 amide bonds. The Kier molecular flexibility index (Phi) is 6.57. The number of carbonyl (C=O) groups is 1. The fourth-order valence-corrected chi connectivity index (χ4v) is 1.40. The first-order valence-electron chi connectivity index (χ1n) is 5.92. The molecule has 0 heterocycles. The van der Waals surface area contributed by atoms with Crippen LogP contribution in [0.1, 0.15) is 34.6 Å². The highest BCUT2D eigenvalue weighted by Gasteiger charge is 2.22. The number of rotatable bonds is 6. The van der Waals surface area contributed by atoms with Gasteiger partial charge in [0.05, 0.1) is 0 Å². The molecule has 0 fully saturated rings. The number of hydrogen-bond donors (Lipinski definition) is 1. The predicted octanol–water partition coefficient (Wildman–Crippen LogP) is 1.72. The molecular weight excluding hydrogens is 188 g/mol. The van der Waals surface area contributed by atoms with E-state index in [0.29, 0.717) is 18.4 Å². The lowest BCUT2D eigenvalue weighted by Gasteiger charge is -2.28. The Morgan fingerprint density at radius 3 is 2.13 bits per heavy atom. The van der Waals surface area contributed by atoms with Gasteiger partial charge >= 0.3 is 0 Å². The van der Waals surface area contributed by atoms with Crippen molar-refractivity contribution in [3.63, 3.8) is 0 Å². The Bertz CT molecular complexity index is 192. The Morgan fingerprint density at radius 1 is 1.27 bits per heavy atom. The summed E-state index contributed by atoms with van der Waals surface area (Å²) in [4.78, 5) is 14.0. The van der Waals surface area contributed by atoms with E-state index in [4.69, 9.17) is 5.73 Å². The third-order valence-electron chi connectivity index (χ3n) is 3.02. The van der Waals surface area contributed by atoms with E-state index in [1.165, 1.54) is 0 Å². The topological polar surface area (TPSA) is 46.3 Å². The first-order chi connectivity index (χ1) is 6.93. The molecule has 2 unspecified atom stereocenters. The lowest BCUT2D eigenvalue weighted by atomic mass is 9.96. The number of carbonyl (C=O) groups excluding carboxylic acids is 1. The van der Waals surface area contributed by atoms with E-state index in [-0.39, 0.29) is 11.8 Å². The van der Waals surface area contributed by atoms with Crippen molar-refractivity contribution >= 4 is 5.91 Å².